The van der Waals surface area contributed by atoms with Gasteiger partial charge in [0.25, 0.3) is 0 Å². The Morgan fingerprint density at radius 1 is 1.40 bits per heavy atom. The summed E-state index contributed by atoms with van der Waals surface area (Å²) in [6, 6.07) is 6.42. The van der Waals surface area contributed by atoms with E-state index in [0.29, 0.717) is 0 Å². The van der Waals surface area contributed by atoms with Gasteiger partial charge in [0.1, 0.15) is 0 Å². The summed E-state index contributed by atoms with van der Waals surface area (Å²) in [6.45, 7) is 6.94. The van der Waals surface area contributed by atoms with Crippen LogP contribution in [-0.2, 0) is 6.54 Å². The second kappa shape index (κ2) is 3.66. The normalized spacial score (nSPS) is 13.3. The first-order chi connectivity index (χ1) is 7.09. The summed E-state index contributed by atoms with van der Waals surface area (Å²) < 4.78 is 2.00. The van der Waals surface area contributed by atoms with E-state index in [1.54, 1.807) is 0 Å². The standard InChI is InChI=1S/C12H17N3/c1-8-5-4-6-11-12(8)10(3)14-15(11)7-9(2)13/h4-6,9H,7,13H2,1-3H3. The molecule has 0 bridgehead atoms. The number of hydrogen-bond donors (Lipinski definition) is 1. The van der Waals surface area contributed by atoms with E-state index in [1.165, 1.54) is 16.5 Å². The molecule has 0 fully saturated rings. The number of fused-ring (bicyclic) bond motifs is 1. The van der Waals surface area contributed by atoms with Gasteiger partial charge in [-0.2, -0.15) is 5.10 Å². The third-order valence-electron chi connectivity index (χ3n) is 2.62. The van der Waals surface area contributed by atoms with Gasteiger partial charge in [0, 0.05) is 11.4 Å². The van der Waals surface area contributed by atoms with E-state index in [2.05, 4.69) is 30.2 Å². The highest BCUT2D eigenvalue weighted by molar-refractivity contribution is 5.85. The molecule has 1 aromatic carbocycles. The van der Waals surface area contributed by atoms with Crippen molar-refractivity contribution in [2.75, 3.05) is 0 Å². The molecule has 0 radical (unpaired) electrons. The van der Waals surface area contributed by atoms with Gasteiger partial charge < -0.3 is 5.73 Å². The van der Waals surface area contributed by atoms with Gasteiger partial charge in [-0.05, 0) is 32.4 Å². The number of aryl methyl sites for hydroxylation is 2. The van der Waals surface area contributed by atoms with Crippen LogP contribution in [-0.4, -0.2) is 15.8 Å². The molecule has 0 spiro atoms. The van der Waals surface area contributed by atoms with Gasteiger partial charge in [0.05, 0.1) is 17.8 Å². The minimum absolute atomic E-state index is 0.132. The highest BCUT2D eigenvalue weighted by Gasteiger charge is 2.09. The van der Waals surface area contributed by atoms with Gasteiger partial charge in [-0.25, -0.2) is 0 Å². The summed E-state index contributed by atoms with van der Waals surface area (Å²) in [5.41, 5.74) is 9.35. The van der Waals surface area contributed by atoms with Gasteiger partial charge in [-0.15, -0.1) is 0 Å². The number of rotatable bonds is 2. The summed E-state index contributed by atoms with van der Waals surface area (Å²) in [6.07, 6.45) is 0. The van der Waals surface area contributed by atoms with Crippen molar-refractivity contribution >= 4 is 10.9 Å². The Balaban J connectivity index is 2.63. The van der Waals surface area contributed by atoms with Gasteiger partial charge in [-0.3, -0.25) is 4.68 Å². The smallest absolute Gasteiger partial charge is 0.0688 e. The lowest BCUT2D eigenvalue weighted by Crippen LogP contribution is -2.22. The fourth-order valence-corrected chi connectivity index (χ4v) is 2.03. The molecule has 0 aliphatic carbocycles. The lowest BCUT2D eigenvalue weighted by Gasteiger charge is -2.06. The number of hydrogen-bond acceptors (Lipinski definition) is 2. The molecule has 1 aromatic heterocycles. The minimum atomic E-state index is 0.132. The molecule has 2 rings (SSSR count). The fourth-order valence-electron chi connectivity index (χ4n) is 2.03. The van der Waals surface area contributed by atoms with E-state index in [-0.39, 0.29) is 6.04 Å². The van der Waals surface area contributed by atoms with Gasteiger partial charge in [0.2, 0.25) is 0 Å². The second-order valence-corrected chi connectivity index (χ2v) is 4.21. The fraction of sp³-hybridized carbons (Fsp3) is 0.417. The van der Waals surface area contributed by atoms with Crippen LogP contribution < -0.4 is 5.73 Å². The summed E-state index contributed by atoms with van der Waals surface area (Å²) >= 11 is 0. The molecule has 0 aliphatic rings. The molecular weight excluding hydrogens is 186 g/mol. The van der Waals surface area contributed by atoms with Crippen molar-refractivity contribution in [3.63, 3.8) is 0 Å². The monoisotopic (exact) mass is 203 g/mol. The molecule has 2 aromatic rings. The molecule has 2 N–H and O–H groups in total. The van der Waals surface area contributed by atoms with Crippen LogP contribution in [0.2, 0.25) is 0 Å². The third kappa shape index (κ3) is 1.75. The number of nitrogens with zero attached hydrogens (tertiary/aromatic N) is 2. The van der Waals surface area contributed by atoms with E-state index in [4.69, 9.17) is 5.73 Å². The molecule has 3 heteroatoms. The number of nitrogens with two attached hydrogens (primary N) is 1. The average Bonchev–Trinajstić information content (AvgIpc) is 2.44. The molecule has 0 aliphatic heterocycles. The number of benzene rings is 1. The van der Waals surface area contributed by atoms with Crippen molar-refractivity contribution in [2.24, 2.45) is 5.73 Å². The molecule has 3 nitrogen and oxygen atoms in total. The van der Waals surface area contributed by atoms with Crippen LogP contribution in [0.3, 0.4) is 0 Å². The second-order valence-electron chi connectivity index (χ2n) is 4.21. The quantitative estimate of drug-likeness (QED) is 0.811. The van der Waals surface area contributed by atoms with Gasteiger partial charge in [0.15, 0.2) is 0 Å². The van der Waals surface area contributed by atoms with E-state index in [1.807, 2.05) is 18.5 Å². The Kier molecular flexibility index (Phi) is 2.49. The van der Waals surface area contributed by atoms with Crippen LogP contribution in [0, 0.1) is 13.8 Å². The Morgan fingerprint density at radius 2 is 2.13 bits per heavy atom. The van der Waals surface area contributed by atoms with Gasteiger partial charge >= 0.3 is 0 Å². The van der Waals surface area contributed by atoms with Crippen molar-refractivity contribution in [1.82, 2.24) is 9.78 Å². The van der Waals surface area contributed by atoms with E-state index in [9.17, 15) is 0 Å². The van der Waals surface area contributed by atoms with Crippen LogP contribution in [0.1, 0.15) is 18.2 Å². The molecular formula is C12H17N3. The van der Waals surface area contributed by atoms with Crippen LogP contribution in [0.25, 0.3) is 10.9 Å². The SMILES string of the molecule is Cc1cccc2c1c(C)nn2CC(C)N. The van der Waals surface area contributed by atoms with Crippen molar-refractivity contribution in [1.29, 1.82) is 0 Å². The van der Waals surface area contributed by atoms with E-state index >= 15 is 0 Å². The first kappa shape index (κ1) is 10.2. The van der Waals surface area contributed by atoms with Crippen LogP contribution >= 0.6 is 0 Å². The first-order valence-corrected chi connectivity index (χ1v) is 5.28. The summed E-state index contributed by atoms with van der Waals surface area (Å²) in [5.74, 6) is 0. The molecule has 0 amide bonds. The zero-order chi connectivity index (χ0) is 11.0. The van der Waals surface area contributed by atoms with Crippen LogP contribution in [0.15, 0.2) is 18.2 Å². The highest BCUT2D eigenvalue weighted by atomic mass is 15.3. The summed E-state index contributed by atoms with van der Waals surface area (Å²) in [5, 5.41) is 5.79. The van der Waals surface area contributed by atoms with Crippen molar-refractivity contribution < 1.29 is 0 Å². The predicted molar refractivity (Wildman–Crippen MR) is 62.9 cm³/mol. The lowest BCUT2D eigenvalue weighted by molar-refractivity contribution is 0.550. The zero-order valence-corrected chi connectivity index (χ0v) is 9.49. The summed E-state index contributed by atoms with van der Waals surface area (Å²) in [4.78, 5) is 0. The maximum absolute atomic E-state index is 5.80. The number of aromatic nitrogens is 2. The topological polar surface area (TPSA) is 43.8 Å². The molecule has 1 unspecified atom stereocenters. The minimum Gasteiger partial charge on any atom is -0.326 e. The predicted octanol–water partition coefficient (Wildman–Crippen LogP) is 2.00. The van der Waals surface area contributed by atoms with Crippen LogP contribution in [0.4, 0.5) is 0 Å². The largest absolute Gasteiger partial charge is 0.326 e. The molecule has 80 valence electrons. The van der Waals surface area contributed by atoms with Crippen molar-refractivity contribution in [3.05, 3.63) is 29.5 Å². The molecule has 0 saturated carbocycles. The maximum Gasteiger partial charge on any atom is 0.0688 e. The van der Waals surface area contributed by atoms with Gasteiger partial charge in [-0.1, -0.05) is 12.1 Å². The zero-order valence-electron chi connectivity index (χ0n) is 9.49. The van der Waals surface area contributed by atoms with Crippen molar-refractivity contribution in [2.45, 2.75) is 33.4 Å². The van der Waals surface area contributed by atoms with Crippen molar-refractivity contribution in [3.8, 4) is 0 Å². The van der Waals surface area contributed by atoms with Crippen LogP contribution in [0.5, 0.6) is 0 Å². The highest BCUT2D eigenvalue weighted by Crippen LogP contribution is 2.21. The molecule has 15 heavy (non-hydrogen) atoms. The summed E-state index contributed by atoms with van der Waals surface area (Å²) in [7, 11) is 0. The molecule has 1 heterocycles. The maximum atomic E-state index is 5.80. The Bertz CT molecular complexity index is 483. The first-order valence-electron chi connectivity index (χ1n) is 5.28. The third-order valence-corrected chi connectivity index (χ3v) is 2.62. The van der Waals surface area contributed by atoms with E-state index in [0.717, 1.165) is 12.2 Å². The average molecular weight is 203 g/mol. The van der Waals surface area contributed by atoms with E-state index < -0.39 is 0 Å². The lowest BCUT2D eigenvalue weighted by atomic mass is 10.1. The molecule has 0 saturated heterocycles. The Morgan fingerprint density at radius 3 is 2.80 bits per heavy atom. The Labute approximate surface area is 89.9 Å². The Hall–Kier alpha value is -1.35. The molecule has 1 atom stereocenters.